The van der Waals surface area contributed by atoms with E-state index in [-0.39, 0.29) is 6.03 Å². The summed E-state index contributed by atoms with van der Waals surface area (Å²) in [6, 6.07) is -0.118. The monoisotopic (exact) mass is 158 g/mol. The number of piperidine rings is 1. The Labute approximate surface area is 66.5 Å². The molecule has 4 nitrogen and oxygen atoms in total. The van der Waals surface area contributed by atoms with Crippen LogP contribution in [0, 0.1) is 0 Å². The van der Waals surface area contributed by atoms with Gasteiger partial charge in [0.1, 0.15) is 0 Å². The average molecular weight is 158 g/mol. The number of urea groups is 1. The number of carbonyl (C=O) groups excluding carboxylic acids is 1. The standard InChI is InChI=1S/C7H14N2O2/c1-11-8-7(10)9-5-3-2-4-6-9/h2-6H2,1H3,(H,8,10). The number of nitrogens with zero attached hydrogens (tertiary/aromatic N) is 1. The molecule has 64 valence electrons. The Kier molecular flexibility index (Phi) is 3.16. The molecule has 1 aliphatic heterocycles. The van der Waals surface area contributed by atoms with E-state index in [2.05, 4.69) is 10.3 Å². The van der Waals surface area contributed by atoms with Crippen LogP contribution in [0.1, 0.15) is 19.3 Å². The zero-order valence-corrected chi connectivity index (χ0v) is 6.80. The van der Waals surface area contributed by atoms with Gasteiger partial charge in [0.05, 0.1) is 7.11 Å². The molecular weight excluding hydrogens is 144 g/mol. The maximum atomic E-state index is 11.1. The first-order valence-electron chi connectivity index (χ1n) is 3.92. The Bertz CT molecular complexity index is 132. The van der Waals surface area contributed by atoms with Gasteiger partial charge in [0.2, 0.25) is 0 Å². The van der Waals surface area contributed by atoms with E-state index in [4.69, 9.17) is 0 Å². The second kappa shape index (κ2) is 4.18. The number of likely N-dealkylation sites (tertiary alicyclic amines) is 1. The molecule has 1 saturated heterocycles. The Hall–Kier alpha value is -0.770. The number of amides is 2. The van der Waals surface area contributed by atoms with Gasteiger partial charge in [-0.05, 0) is 19.3 Å². The summed E-state index contributed by atoms with van der Waals surface area (Å²) in [6.07, 6.45) is 3.45. The van der Waals surface area contributed by atoms with Gasteiger partial charge in [-0.1, -0.05) is 0 Å². The molecule has 11 heavy (non-hydrogen) atoms. The molecule has 1 aliphatic rings. The van der Waals surface area contributed by atoms with E-state index >= 15 is 0 Å². The second-order valence-corrected chi connectivity index (χ2v) is 2.66. The van der Waals surface area contributed by atoms with E-state index in [9.17, 15) is 4.79 Å². The van der Waals surface area contributed by atoms with E-state index < -0.39 is 0 Å². The largest absolute Gasteiger partial charge is 0.341 e. The highest BCUT2D eigenvalue weighted by Gasteiger charge is 2.15. The lowest BCUT2D eigenvalue weighted by Gasteiger charge is -2.25. The molecule has 2 amide bonds. The molecule has 0 unspecified atom stereocenters. The lowest BCUT2D eigenvalue weighted by molar-refractivity contribution is 0.0831. The molecule has 1 N–H and O–H groups in total. The van der Waals surface area contributed by atoms with Crippen molar-refractivity contribution >= 4 is 6.03 Å². The second-order valence-electron chi connectivity index (χ2n) is 2.66. The summed E-state index contributed by atoms with van der Waals surface area (Å²) >= 11 is 0. The fourth-order valence-electron chi connectivity index (χ4n) is 1.25. The van der Waals surface area contributed by atoms with Crippen LogP contribution >= 0.6 is 0 Å². The van der Waals surface area contributed by atoms with Gasteiger partial charge in [0, 0.05) is 13.1 Å². The van der Waals surface area contributed by atoms with Gasteiger partial charge in [-0.25, -0.2) is 10.3 Å². The maximum absolute atomic E-state index is 11.1. The maximum Gasteiger partial charge on any atom is 0.341 e. The van der Waals surface area contributed by atoms with Crippen molar-refractivity contribution in [3.05, 3.63) is 0 Å². The summed E-state index contributed by atoms with van der Waals surface area (Å²) < 4.78 is 0. The normalized spacial score (nSPS) is 18.1. The highest BCUT2D eigenvalue weighted by Crippen LogP contribution is 2.07. The number of nitrogens with one attached hydrogen (secondary N) is 1. The van der Waals surface area contributed by atoms with Crippen LogP contribution in [0.5, 0.6) is 0 Å². The lowest BCUT2D eigenvalue weighted by Crippen LogP contribution is -2.42. The molecule has 1 rings (SSSR count). The summed E-state index contributed by atoms with van der Waals surface area (Å²) in [5, 5.41) is 0. The van der Waals surface area contributed by atoms with Crippen molar-refractivity contribution in [3.63, 3.8) is 0 Å². The predicted molar refractivity (Wildman–Crippen MR) is 41.0 cm³/mol. The van der Waals surface area contributed by atoms with Crippen LogP contribution in [0.15, 0.2) is 0 Å². The fourth-order valence-corrected chi connectivity index (χ4v) is 1.25. The van der Waals surface area contributed by atoms with Gasteiger partial charge < -0.3 is 4.90 Å². The number of hydrogen-bond donors (Lipinski definition) is 1. The first-order valence-corrected chi connectivity index (χ1v) is 3.92. The van der Waals surface area contributed by atoms with Crippen molar-refractivity contribution in [1.82, 2.24) is 10.4 Å². The van der Waals surface area contributed by atoms with Crippen LogP contribution in [-0.2, 0) is 4.84 Å². The van der Waals surface area contributed by atoms with E-state index in [1.165, 1.54) is 13.5 Å². The van der Waals surface area contributed by atoms with Crippen molar-refractivity contribution in [2.24, 2.45) is 0 Å². The molecule has 0 radical (unpaired) electrons. The number of carbonyl (C=O) groups is 1. The van der Waals surface area contributed by atoms with Crippen LogP contribution < -0.4 is 5.48 Å². The van der Waals surface area contributed by atoms with E-state index in [0.29, 0.717) is 0 Å². The van der Waals surface area contributed by atoms with E-state index in [1.54, 1.807) is 4.90 Å². The summed E-state index contributed by atoms with van der Waals surface area (Å²) in [7, 11) is 1.45. The fraction of sp³-hybridized carbons (Fsp3) is 0.857. The number of rotatable bonds is 1. The Morgan fingerprint density at radius 2 is 2.00 bits per heavy atom. The van der Waals surface area contributed by atoms with Crippen molar-refractivity contribution in [1.29, 1.82) is 0 Å². The topological polar surface area (TPSA) is 41.6 Å². The molecular formula is C7H14N2O2. The van der Waals surface area contributed by atoms with Crippen LogP contribution in [0.3, 0.4) is 0 Å². The third kappa shape index (κ3) is 2.38. The van der Waals surface area contributed by atoms with Crippen LogP contribution in [0.2, 0.25) is 0 Å². The first-order chi connectivity index (χ1) is 5.34. The molecule has 1 heterocycles. The third-order valence-electron chi connectivity index (χ3n) is 1.83. The summed E-state index contributed by atoms with van der Waals surface area (Å²) in [5.41, 5.74) is 2.30. The highest BCUT2D eigenvalue weighted by molar-refractivity contribution is 5.73. The smallest absolute Gasteiger partial charge is 0.323 e. The van der Waals surface area contributed by atoms with Crippen LogP contribution in [-0.4, -0.2) is 31.1 Å². The predicted octanol–water partition coefficient (Wildman–Crippen LogP) is 0.743. The molecule has 0 atom stereocenters. The van der Waals surface area contributed by atoms with Gasteiger partial charge in [0.15, 0.2) is 0 Å². The minimum absolute atomic E-state index is 0.118. The van der Waals surface area contributed by atoms with Crippen LogP contribution in [0.4, 0.5) is 4.79 Å². The van der Waals surface area contributed by atoms with Crippen molar-refractivity contribution in [3.8, 4) is 0 Å². The van der Waals surface area contributed by atoms with Gasteiger partial charge in [0.25, 0.3) is 0 Å². The molecule has 0 aromatic rings. The van der Waals surface area contributed by atoms with E-state index in [0.717, 1.165) is 25.9 Å². The zero-order chi connectivity index (χ0) is 8.10. The van der Waals surface area contributed by atoms with Crippen molar-refractivity contribution in [2.45, 2.75) is 19.3 Å². The number of hydroxylamine groups is 1. The Morgan fingerprint density at radius 3 is 2.55 bits per heavy atom. The molecule has 0 aromatic heterocycles. The molecule has 4 heteroatoms. The van der Waals surface area contributed by atoms with Crippen molar-refractivity contribution in [2.75, 3.05) is 20.2 Å². The van der Waals surface area contributed by atoms with Gasteiger partial charge in [-0.2, -0.15) is 0 Å². The molecule has 0 saturated carbocycles. The zero-order valence-electron chi connectivity index (χ0n) is 6.80. The summed E-state index contributed by atoms with van der Waals surface area (Å²) in [4.78, 5) is 17.4. The average Bonchev–Trinajstić information content (AvgIpc) is 2.07. The molecule has 0 spiro atoms. The number of hydrogen-bond acceptors (Lipinski definition) is 2. The quantitative estimate of drug-likeness (QED) is 0.572. The molecule has 0 aromatic carbocycles. The Morgan fingerprint density at radius 1 is 1.36 bits per heavy atom. The molecule has 0 bridgehead atoms. The van der Waals surface area contributed by atoms with Gasteiger partial charge in [-0.3, -0.25) is 4.84 Å². The first kappa shape index (κ1) is 8.33. The summed E-state index contributed by atoms with van der Waals surface area (Å²) in [5.74, 6) is 0. The molecule has 1 fully saturated rings. The highest BCUT2D eigenvalue weighted by atomic mass is 16.6. The van der Waals surface area contributed by atoms with Gasteiger partial charge in [-0.15, -0.1) is 0 Å². The third-order valence-corrected chi connectivity index (χ3v) is 1.83. The SMILES string of the molecule is CONC(=O)N1CCCCC1. The van der Waals surface area contributed by atoms with Crippen LogP contribution in [0.25, 0.3) is 0 Å². The summed E-state index contributed by atoms with van der Waals surface area (Å²) in [6.45, 7) is 1.71. The van der Waals surface area contributed by atoms with E-state index in [1.807, 2.05) is 0 Å². The minimum atomic E-state index is -0.118. The Balaban J connectivity index is 2.27. The minimum Gasteiger partial charge on any atom is -0.323 e. The lowest BCUT2D eigenvalue weighted by atomic mass is 10.1. The van der Waals surface area contributed by atoms with Crippen molar-refractivity contribution < 1.29 is 9.63 Å². The van der Waals surface area contributed by atoms with Gasteiger partial charge >= 0.3 is 6.03 Å². The molecule has 0 aliphatic carbocycles.